The molecule has 0 aliphatic carbocycles. The molecule has 0 N–H and O–H groups in total. The molecule has 94 valence electrons. The zero-order chi connectivity index (χ0) is 13.2. The van der Waals surface area contributed by atoms with Crippen molar-refractivity contribution in [2.45, 2.75) is 22.9 Å². The molecule has 18 heavy (non-hydrogen) atoms. The molecule has 4 heteroatoms. The third kappa shape index (κ3) is 2.88. The molecule has 0 radical (unpaired) electrons. The fraction of sp³-hybridized carbons (Fsp3) is 0.143. The van der Waals surface area contributed by atoms with Gasteiger partial charge in [-0.3, -0.25) is 0 Å². The van der Waals surface area contributed by atoms with E-state index < -0.39 is 11.7 Å². The van der Waals surface area contributed by atoms with Crippen LogP contribution in [0, 0.1) is 6.92 Å². The van der Waals surface area contributed by atoms with Crippen LogP contribution in [0.5, 0.6) is 0 Å². The van der Waals surface area contributed by atoms with E-state index in [0.717, 1.165) is 28.3 Å². The van der Waals surface area contributed by atoms with Crippen molar-refractivity contribution < 1.29 is 13.2 Å². The summed E-state index contributed by atoms with van der Waals surface area (Å²) in [7, 11) is 0. The second kappa shape index (κ2) is 5.06. The van der Waals surface area contributed by atoms with Crippen LogP contribution in [-0.4, -0.2) is 0 Å². The second-order valence-electron chi connectivity index (χ2n) is 3.86. The first-order chi connectivity index (χ1) is 8.48. The summed E-state index contributed by atoms with van der Waals surface area (Å²) in [5.74, 6) is 0. The molecular formula is C14H11F3S. The number of aryl methyl sites for hydroxylation is 1. The highest BCUT2D eigenvalue weighted by Crippen LogP contribution is 2.39. The number of hydrogen-bond acceptors (Lipinski definition) is 1. The van der Waals surface area contributed by atoms with Gasteiger partial charge in [-0.15, -0.1) is 0 Å². The van der Waals surface area contributed by atoms with Crippen molar-refractivity contribution in [3.63, 3.8) is 0 Å². The molecular weight excluding hydrogens is 257 g/mol. The maximum absolute atomic E-state index is 12.8. The van der Waals surface area contributed by atoms with Gasteiger partial charge in [-0.1, -0.05) is 42.1 Å². The third-order valence-corrected chi connectivity index (χ3v) is 3.76. The molecule has 2 aromatic rings. The fourth-order valence-corrected chi connectivity index (χ4v) is 2.63. The quantitative estimate of drug-likeness (QED) is 0.724. The van der Waals surface area contributed by atoms with E-state index in [1.165, 1.54) is 12.1 Å². The summed E-state index contributed by atoms with van der Waals surface area (Å²) < 4.78 is 38.5. The van der Waals surface area contributed by atoms with E-state index in [0.29, 0.717) is 0 Å². The molecule has 0 aliphatic heterocycles. The van der Waals surface area contributed by atoms with Gasteiger partial charge in [0.1, 0.15) is 0 Å². The van der Waals surface area contributed by atoms with Crippen molar-refractivity contribution in [2.75, 3.05) is 0 Å². The smallest absolute Gasteiger partial charge is 0.166 e. The van der Waals surface area contributed by atoms with E-state index in [1.54, 1.807) is 6.07 Å². The largest absolute Gasteiger partial charge is 0.417 e. The fourth-order valence-electron chi connectivity index (χ4n) is 1.58. The minimum absolute atomic E-state index is 0.235. The van der Waals surface area contributed by atoms with Crippen molar-refractivity contribution in [3.8, 4) is 0 Å². The van der Waals surface area contributed by atoms with E-state index in [1.807, 2.05) is 31.2 Å². The zero-order valence-electron chi connectivity index (χ0n) is 9.66. The van der Waals surface area contributed by atoms with E-state index in [-0.39, 0.29) is 4.90 Å². The molecule has 0 amide bonds. The molecule has 0 unspecified atom stereocenters. The Hall–Kier alpha value is -1.42. The summed E-state index contributed by atoms with van der Waals surface area (Å²) in [6.45, 7) is 1.89. The summed E-state index contributed by atoms with van der Waals surface area (Å²) in [6, 6.07) is 13.0. The average molecular weight is 268 g/mol. The number of rotatable bonds is 2. The molecule has 0 aliphatic rings. The van der Waals surface area contributed by atoms with Gasteiger partial charge in [0.25, 0.3) is 0 Å². The molecule has 0 saturated heterocycles. The van der Waals surface area contributed by atoms with Crippen LogP contribution in [0.3, 0.4) is 0 Å². The molecule has 0 fully saturated rings. The summed E-state index contributed by atoms with van der Waals surface area (Å²) in [5, 5.41) is 0. The van der Waals surface area contributed by atoms with Crippen LogP contribution in [0.1, 0.15) is 11.1 Å². The Morgan fingerprint density at radius 2 is 1.39 bits per heavy atom. The molecule has 0 aromatic heterocycles. The Kier molecular flexibility index (Phi) is 3.66. The van der Waals surface area contributed by atoms with E-state index in [4.69, 9.17) is 0 Å². The van der Waals surface area contributed by atoms with Gasteiger partial charge in [0, 0.05) is 9.79 Å². The van der Waals surface area contributed by atoms with Gasteiger partial charge in [0.2, 0.25) is 0 Å². The van der Waals surface area contributed by atoms with Crippen LogP contribution in [0.4, 0.5) is 13.2 Å². The van der Waals surface area contributed by atoms with Crippen molar-refractivity contribution in [3.05, 3.63) is 59.7 Å². The Morgan fingerprint density at radius 1 is 0.833 bits per heavy atom. The van der Waals surface area contributed by atoms with Gasteiger partial charge in [-0.2, -0.15) is 13.2 Å². The van der Waals surface area contributed by atoms with Gasteiger partial charge in [0.05, 0.1) is 5.56 Å². The van der Waals surface area contributed by atoms with Crippen molar-refractivity contribution in [2.24, 2.45) is 0 Å². The summed E-state index contributed by atoms with van der Waals surface area (Å²) >= 11 is 1.15. The van der Waals surface area contributed by atoms with Crippen LogP contribution < -0.4 is 0 Å². The molecule has 0 bridgehead atoms. The molecule has 2 rings (SSSR count). The average Bonchev–Trinajstić information content (AvgIpc) is 2.31. The standard InChI is InChI=1S/C14H11F3S/c1-10-6-2-4-8-12(10)18-13-9-5-3-7-11(13)14(15,16)17/h2-9H,1H3. The predicted octanol–water partition coefficient (Wildman–Crippen LogP) is 5.17. The maximum Gasteiger partial charge on any atom is 0.417 e. The lowest BCUT2D eigenvalue weighted by Crippen LogP contribution is -2.06. The molecule has 0 spiro atoms. The summed E-state index contributed by atoms with van der Waals surface area (Å²) in [6.07, 6.45) is -4.31. The van der Waals surface area contributed by atoms with Gasteiger partial charge in [0.15, 0.2) is 0 Å². The lowest BCUT2D eigenvalue weighted by atomic mass is 10.2. The van der Waals surface area contributed by atoms with E-state index >= 15 is 0 Å². The summed E-state index contributed by atoms with van der Waals surface area (Å²) in [5.41, 5.74) is 0.387. The lowest BCUT2D eigenvalue weighted by molar-refractivity contribution is -0.139. The third-order valence-electron chi connectivity index (χ3n) is 2.51. The SMILES string of the molecule is Cc1ccccc1Sc1ccccc1C(F)(F)F. The highest BCUT2D eigenvalue weighted by atomic mass is 32.2. The highest BCUT2D eigenvalue weighted by Gasteiger charge is 2.33. The van der Waals surface area contributed by atoms with Crippen molar-refractivity contribution in [1.82, 2.24) is 0 Å². The first-order valence-electron chi connectivity index (χ1n) is 5.38. The van der Waals surface area contributed by atoms with Gasteiger partial charge >= 0.3 is 6.18 Å². The van der Waals surface area contributed by atoms with E-state index in [2.05, 4.69) is 0 Å². The van der Waals surface area contributed by atoms with Crippen LogP contribution in [0.25, 0.3) is 0 Å². The molecule has 2 aromatic carbocycles. The van der Waals surface area contributed by atoms with E-state index in [9.17, 15) is 13.2 Å². The van der Waals surface area contributed by atoms with Crippen molar-refractivity contribution >= 4 is 11.8 Å². The van der Waals surface area contributed by atoms with Gasteiger partial charge < -0.3 is 0 Å². The number of benzene rings is 2. The lowest BCUT2D eigenvalue weighted by Gasteiger charge is -2.12. The van der Waals surface area contributed by atoms with Gasteiger partial charge in [-0.25, -0.2) is 0 Å². The van der Waals surface area contributed by atoms with Crippen molar-refractivity contribution in [1.29, 1.82) is 0 Å². The number of hydrogen-bond donors (Lipinski definition) is 0. The molecule has 0 heterocycles. The second-order valence-corrected chi connectivity index (χ2v) is 4.95. The number of alkyl halides is 3. The molecule has 0 atom stereocenters. The normalized spacial score (nSPS) is 11.6. The Labute approximate surface area is 108 Å². The predicted molar refractivity (Wildman–Crippen MR) is 66.7 cm³/mol. The first-order valence-corrected chi connectivity index (χ1v) is 6.20. The van der Waals surface area contributed by atoms with Crippen LogP contribution in [-0.2, 0) is 6.18 Å². The van der Waals surface area contributed by atoms with Crippen LogP contribution in [0.2, 0.25) is 0 Å². The Morgan fingerprint density at radius 3 is 2.00 bits per heavy atom. The zero-order valence-corrected chi connectivity index (χ0v) is 10.5. The van der Waals surface area contributed by atoms with Gasteiger partial charge in [-0.05, 0) is 30.7 Å². The Bertz CT molecular complexity index is 547. The molecule has 0 nitrogen and oxygen atoms in total. The molecule has 0 saturated carbocycles. The summed E-state index contributed by atoms with van der Waals surface area (Å²) in [4.78, 5) is 1.08. The van der Waals surface area contributed by atoms with Crippen LogP contribution >= 0.6 is 11.8 Å². The minimum atomic E-state index is -4.31. The topological polar surface area (TPSA) is 0 Å². The monoisotopic (exact) mass is 268 g/mol. The maximum atomic E-state index is 12.8. The van der Waals surface area contributed by atoms with Crippen LogP contribution in [0.15, 0.2) is 58.3 Å². The first kappa shape index (κ1) is 13.0. The Balaban J connectivity index is 2.39. The minimum Gasteiger partial charge on any atom is -0.166 e. The highest BCUT2D eigenvalue weighted by molar-refractivity contribution is 7.99. The number of halogens is 3.